The molecule has 2 unspecified atom stereocenters. The molecule has 0 spiro atoms. The second kappa shape index (κ2) is 6.75. The number of aryl methyl sites for hydroxylation is 1. The van der Waals surface area contributed by atoms with E-state index in [4.69, 9.17) is 9.72 Å². The van der Waals surface area contributed by atoms with Crippen LogP contribution >= 0.6 is 0 Å². The molecule has 116 valence electrons. The Morgan fingerprint density at radius 2 is 2.33 bits per heavy atom. The minimum absolute atomic E-state index is 0.422. The molecule has 2 fully saturated rings. The maximum Gasteiger partial charge on any atom is 0.131 e. The van der Waals surface area contributed by atoms with E-state index in [1.807, 2.05) is 6.20 Å². The highest BCUT2D eigenvalue weighted by Crippen LogP contribution is 2.33. The van der Waals surface area contributed by atoms with Crippen LogP contribution < -0.4 is 10.2 Å². The fourth-order valence-electron chi connectivity index (χ4n) is 3.62. The van der Waals surface area contributed by atoms with Gasteiger partial charge in [0.2, 0.25) is 0 Å². The summed E-state index contributed by atoms with van der Waals surface area (Å²) in [6, 6.07) is 2.82. The molecule has 0 amide bonds. The third-order valence-electron chi connectivity index (χ3n) is 4.62. The zero-order valence-corrected chi connectivity index (χ0v) is 13.3. The van der Waals surface area contributed by atoms with Gasteiger partial charge in [-0.2, -0.15) is 0 Å². The molecule has 3 rings (SSSR count). The van der Waals surface area contributed by atoms with Crippen molar-refractivity contribution in [2.45, 2.75) is 58.2 Å². The van der Waals surface area contributed by atoms with Crippen LogP contribution in [0.2, 0.25) is 0 Å². The van der Waals surface area contributed by atoms with E-state index in [1.165, 1.54) is 36.8 Å². The lowest BCUT2D eigenvalue weighted by Gasteiger charge is -2.39. The molecule has 1 aromatic rings. The normalized spacial score (nSPS) is 25.1. The molecule has 1 aliphatic carbocycles. The maximum atomic E-state index is 5.90. The van der Waals surface area contributed by atoms with Crippen molar-refractivity contribution >= 4 is 5.82 Å². The number of pyridine rings is 1. The molecule has 4 heteroatoms. The first-order valence-corrected chi connectivity index (χ1v) is 8.34. The van der Waals surface area contributed by atoms with E-state index in [0.717, 1.165) is 32.1 Å². The first-order chi connectivity index (χ1) is 10.3. The van der Waals surface area contributed by atoms with Crippen molar-refractivity contribution in [2.24, 2.45) is 0 Å². The molecule has 21 heavy (non-hydrogen) atoms. The van der Waals surface area contributed by atoms with Crippen LogP contribution in [0.15, 0.2) is 12.3 Å². The zero-order chi connectivity index (χ0) is 14.7. The van der Waals surface area contributed by atoms with E-state index in [0.29, 0.717) is 12.1 Å². The highest BCUT2D eigenvalue weighted by Gasteiger charge is 2.37. The first kappa shape index (κ1) is 14.8. The van der Waals surface area contributed by atoms with Gasteiger partial charge in [-0.1, -0.05) is 6.92 Å². The predicted octanol–water partition coefficient (Wildman–Crippen LogP) is 2.65. The Kier molecular flexibility index (Phi) is 4.76. The number of hydrogen-bond donors (Lipinski definition) is 1. The average molecular weight is 289 g/mol. The summed E-state index contributed by atoms with van der Waals surface area (Å²) >= 11 is 0. The molecule has 1 saturated heterocycles. The summed E-state index contributed by atoms with van der Waals surface area (Å²) in [7, 11) is 0. The fraction of sp³-hybridized carbons (Fsp3) is 0.706. The molecule has 1 aromatic heterocycles. The lowest BCUT2D eigenvalue weighted by molar-refractivity contribution is 0.0253. The summed E-state index contributed by atoms with van der Waals surface area (Å²) in [5.74, 6) is 1.16. The Morgan fingerprint density at radius 3 is 3.14 bits per heavy atom. The molecule has 2 atom stereocenters. The van der Waals surface area contributed by atoms with Crippen LogP contribution in [-0.4, -0.2) is 36.8 Å². The van der Waals surface area contributed by atoms with Gasteiger partial charge in [0.15, 0.2) is 0 Å². The average Bonchev–Trinajstić information content (AvgIpc) is 2.96. The molecule has 1 aliphatic heterocycles. The monoisotopic (exact) mass is 289 g/mol. The Morgan fingerprint density at radius 1 is 1.43 bits per heavy atom. The number of rotatable bonds is 5. The Balaban J connectivity index is 1.72. The summed E-state index contributed by atoms with van der Waals surface area (Å²) in [5.41, 5.74) is 2.57. The SMILES string of the molecule is CCCNCc1cnc(N2CCOC3CCCC32)c(C)c1. The summed E-state index contributed by atoms with van der Waals surface area (Å²) in [6.07, 6.45) is 7.35. The van der Waals surface area contributed by atoms with Gasteiger partial charge in [-0.15, -0.1) is 0 Å². The van der Waals surface area contributed by atoms with E-state index in [9.17, 15) is 0 Å². The minimum atomic E-state index is 0.422. The minimum Gasteiger partial charge on any atom is -0.374 e. The summed E-state index contributed by atoms with van der Waals surface area (Å²) in [4.78, 5) is 7.26. The molecular formula is C17H27N3O. The van der Waals surface area contributed by atoms with Crippen LogP contribution in [0.5, 0.6) is 0 Å². The largest absolute Gasteiger partial charge is 0.374 e. The number of aromatic nitrogens is 1. The second-order valence-corrected chi connectivity index (χ2v) is 6.26. The molecule has 0 bridgehead atoms. The third kappa shape index (κ3) is 3.22. The van der Waals surface area contributed by atoms with E-state index < -0.39 is 0 Å². The van der Waals surface area contributed by atoms with E-state index in [-0.39, 0.29) is 0 Å². The predicted molar refractivity (Wildman–Crippen MR) is 85.7 cm³/mol. The van der Waals surface area contributed by atoms with Gasteiger partial charge in [0, 0.05) is 19.3 Å². The number of hydrogen-bond acceptors (Lipinski definition) is 4. The van der Waals surface area contributed by atoms with Crippen LogP contribution in [0.1, 0.15) is 43.7 Å². The smallest absolute Gasteiger partial charge is 0.131 e. The van der Waals surface area contributed by atoms with E-state index in [2.05, 4.69) is 30.1 Å². The van der Waals surface area contributed by atoms with Gasteiger partial charge in [0.25, 0.3) is 0 Å². The molecule has 1 N–H and O–H groups in total. The Bertz CT molecular complexity index is 477. The number of anilines is 1. The molecule has 2 aliphatic rings. The van der Waals surface area contributed by atoms with E-state index >= 15 is 0 Å². The number of fused-ring (bicyclic) bond motifs is 1. The number of nitrogens with zero attached hydrogens (tertiary/aromatic N) is 2. The standard InChI is InChI=1S/C17H27N3O/c1-3-7-18-11-14-10-13(2)17(19-12-14)20-8-9-21-16-6-4-5-15(16)20/h10,12,15-16,18H,3-9,11H2,1-2H3. The molecule has 0 aromatic carbocycles. The van der Waals surface area contributed by atoms with Crippen molar-refractivity contribution < 1.29 is 4.74 Å². The topological polar surface area (TPSA) is 37.4 Å². The number of morpholine rings is 1. The van der Waals surface area contributed by atoms with Crippen LogP contribution in [0.25, 0.3) is 0 Å². The van der Waals surface area contributed by atoms with E-state index in [1.54, 1.807) is 0 Å². The molecule has 1 saturated carbocycles. The maximum absolute atomic E-state index is 5.90. The fourth-order valence-corrected chi connectivity index (χ4v) is 3.62. The van der Waals surface area contributed by atoms with Crippen LogP contribution in [0, 0.1) is 6.92 Å². The Labute approximate surface area is 127 Å². The van der Waals surface area contributed by atoms with Crippen molar-refractivity contribution in [3.8, 4) is 0 Å². The van der Waals surface area contributed by atoms with Crippen molar-refractivity contribution in [1.82, 2.24) is 10.3 Å². The van der Waals surface area contributed by atoms with Crippen LogP contribution in [0.3, 0.4) is 0 Å². The molecule has 2 heterocycles. The van der Waals surface area contributed by atoms with Crippen LogP contribution in [-0.2, 0) is 11.3 Å². The van der Waals surface area contributed by atoms with Crippen LogP contribution in [0.4, 0.5) is 5.82 Å². The summed E-state index contributed by atoms with van der Waals surface area (Å²) in [5, 5.41) is 3.44. The summed E-state index contributed by atoms with van der Waals surface area (Å²) in [6.45, 7) is 8.16. The third-order valence-corrected chi connectivity index (χ3v) is 4.62. The quantitative estimate of drug-likeness (QED) is 0.846. The van der Waals surface area contributed by atoms with Crippen molar-refractivity contribution in [2.75, 3.05) is 24.6 Å². The number of ether oxygens (including phenoxy) is 1. The van der Waals surface area contributed by atoms with Crippen molar-refractivity contribution in [3.05, 3.63) is 23.4 Å². The van der Waals surface area contributed by atoms with Gasteiger partial charge in [-0.25, -0.2) is 4.98 Å². The molecular weight excluding hydrogens is 262 g/mol. The first-order valence-electron chi connectivity index (χ1n) is 8.34. The Hall–Kier alpha value is -1.13. The van der Waals surface area contributed by atoms with Crippen molar-refractivity contribution in [3.63, 3.8) is 0 Å². The van der Waals surface area contributed by atoms with Gasteiger partial charge < -0.3 is 15.0 Å². The summed E-state index contributed by atoms with van der Waals surface area (Å²) < 4.78 is 5.90. The number of nitrogens with one attached hydrogen (secondary N) is 1. The molecule has 4 nitrogen and oxygen atoms in total. The zero-order valence-electron chi connectivity index (χ0n) is 13.3. The highest BCUT2D eigenvalue weighted by atomic mass is 16.5. The van der Waals surface area contributed by atoms with Gasteiger partial charge in [-0.3, -0.25) is 0 Å². The molecule has 0 radical (unpaired) electrons. The lowest BCUT2D eigenvalue weighted by atomic mass is 10.1. The van der Waals surface area contributed by atoms with Gasteiger partial charge in [0.05, 0.1) is 18.8 Å². The second-order valence-electron chi connectivity index (χ2n) is 6.26. The van der Waals surface area contributed by atoms with Gasteiger partial charge in [-0.05, 0) is 56.3 Å². The van der Waals surface area contributed by atoms with Gasteiger partial charge in [0.1, 0.15) is 5.82 Å². The highest BCUT2D eigenvalue weighted by molar-refractivity contribution is 5.49. The lowest BCUT2D eigenvalue weighted by Crippen LogP contribution is -2.49. The van der Waals surface area contributed by atoms with Crippen molar-refractivity contribution in [1.29, 1.82) is 0 Å². The van der Waals surface area contributed by atoms with Gasteiger partial charge >= 0.3 is 0 Å².